The van der Waals surface area contributed by atoms with E-state index in [-0.39, 0.29) is 11.8 Å². The lowest BCUT2D eigenvalue weighted by Gasteiger charge is -2.51. The first-order valence-electron chi connectivity index (χ1n) is 18.2. The summed E-state index contributed by atoms with van der Waals surface area (Å²) in [6.07, 6.45) is 15.3. The van der Waals surface area contributed by atoms with Gasteiger partial charge in [0.05, 0.1) is 38.8 Å². The summed E-state index contributed by atoms with van der Waals surface area (Å²) in [5, 5.41) is 5.42. The summed E-state index contributed by atoms with van der Waals surface area (Å²) in [5.41, 5.74) is -0.0384. The number of carbonyl (C=O) groups excluding carboxylic acids is 2. The summed E-state index contributed by atoms with van der Waals surface area (Å²) in [6.45, 7) is 7.09. The third-order valence-corrected chi connectivity index (χ3v) is 12.4. The molecule has 2 atom stereocenters. The van der Waals surface area contributed by atoms with Crippen LogP contribution in [-0.4, -0.2) is 126 Å². The van der Waals surface area contributed by atoms with E-state index in [1.54, 1.807) is 61.1 Å². The van der Waals surface area contributed by atoms with Crippen LogP contribution in [0.1, 0.15) is 26.7 Å². The molecule has 56 heavy (non-hydrogen) atoms. The fraction of sp³-hybridized carbons (Fsp3) is 0.389. The Labute approximate surface area is 329 Å². The van der Waals surface area contributed by atoms with Gasteiger partial charge in [-0.3, -0.25) is 18.7 Å². The van der Waals surface area contributed by atoms with Gasteiger partial charge in [0.25, 0.3) is 11.8 Å². The lowest BCUT2D eigenvalue weighted by Crippen LogP contribution is -2.68. The van der Waals surface area contributed by atoms with Crippen LogP contribution >= 0.6 is 22.7 Å². The maximum absolute atomic E-state index is 13.1. The number of ether oxygens (including phenoxy) is 2. The summed E-state index contributed by atoms with van der Waals surface area (Å²) in [6, 6.07) is 0. The molecule has 288 valence electrons. The molecule has 0 saturated carbocycles. The number of amides is 2. The Morgan fingerprint density at radius 1 is 0.643 bits per heavy atom. The average Bonchev–Trinajstić information content (AvgIpc) is 4.10. The maximum atomic E-state index is 13.1. The molecule has 0 aliphatic carbocycles. The zero-order valence-electron chi connectivity index (χ0n) is 31.1. The van der Waals surface area contributed by atoms with Crippen molar-refractivity contribution < 1.29 is 19.1 Å². The summed E-state index contributed by atoms with van der Waals surface area (Å²) >= 11 is 3.02. The Morgan fingerprint density at radius 2 is 1.09 bits per heavy atom. The van der Waals surface area contributed by atoms with E-state index in [0.29, 0.717) is 87.3 Å². The summed E-state index contributed by atoms with van der Waals surface area (Å²) < 4.78 is 15.0. The number of aromatic nitrogens is 10. The number of carbonyl (C=O) groups is 2. The molecule has 2 amide bonds. The van der Waals surface area contributed by atoms with E-state index < -0.39 is 11.1 Å². The smallest absolute Gasteiger partial charge is 0.255 e. The second-order valence-electron chi connectivity index (χ2n) is 13.6. The van der Waals surface area contributed by atoms with Gasteiger partial charge in [0.1, 0.15) is 22.5 Å². The van der Waals surface area contributed by atoms with Crippen LogP contribution < -0.4 is 19.6 Å². The highest BCUT2D eigenvalue weighted by Gasteiger charge is 2.53. The zero-order chi connectivity index (χ0) is 38.6. The van der Waals surface area contributed by atoms with Gasteiger partial charge in [-0.2, -0.15) is 9.97 Å². The highest BCUT2D eigenvalue weighted by Crippen LogP contribution is 2.43. The predicted octanol–water partition coefficient (Wildman–Crippen LogP) is 3.50. The molecule has 10 rings (SSSR count). The van der Waals surface area contributed by atoms with E-state index in [0.717, 1.165) is 21.7 Å². The predicted molar refractivity (Wildman–Crippen MR) is 210 cm³/mol. The molecule has 6 aromatic heterocycles. The second-order valence-corrected chi connectivity index (χ2v) is 15.4. The summed E-state index contributed by atoms with van der Waals surface area (Å²) in [5.74, 6) is 3.92. The minimum atomic E-state index is -0.724. The van der Waals surface area contributed by atoms with Gasteiger partial charge >= 0.3 is 0 Å². The molecular weight excluding hydrogens is 757 g/mol. The average molecular weight is 795 g/mol. The highest BCUT2D eigenvalue weighted by molar-refractivity contribution is 7.13. The minimum Gasteiger partial charge on any atom is -0.377 e. The van der Waals surface area contributed by atoms with Crippen molar-refractivity contribution >= 4 is 57.5 Å². The van der Waals surface area contributed by atoms with Crippen molar-refractivity contribution in [2.75, 3.05) is 73.2 Å². The number of thiazole rings is 2. The molecule has 18 nitrogen and oxygen atoms in total. The number of nitrogens with zero attached hydrogens (tertiary/aromatic N) is 14. The van der Waals surface area contributed by atoms with Gasteiger partial charge in [0, 0.05) is 75.1 Å². The number of fused-ring (bicyclic) bond motifs is 6. The first kappa shape index (κ1) is 36.0. The Bertz CT molecular complexity index is 2230. The molecule has 0 radical (unpaired) electrons. The molecule has 0 unspecified atom stereocenters. The molecular formula is C36H38N14O4S2. The van der Waals surface area contributed by atoms with Gasteiger partial charge in [-0.25, -0.2) is 29.9 Å². The van der Waals surface area contributed by atoms with Crippen LogP contribution in [0, 0.1) is 0 Å². The van der Waals surface area contributed by atoms with E-state index in [9.17, 15) is 9.59 Å². The second kappa shape index (κ2) is 14.1. The topological polar surface area (TPSA) is 179 Å². The van der Waals surface area contributed by atoms with Crippen LogP contribution in [-0.2, 0) is 19.1 Å². The van der Waals surface area contributed by atoms with Crippen LogP contribution in [0.15, 0.2) is 60.3 Å². The normalized spacial score (nSPS) is 21.6. The van der Waals surface area contributed by atoms with E-state index in [1.165, 1.54) is 22.7 Å². The molecule has 0 bridgehead atoms. The Hall–Kier alpha value is -5.70. The molecule has 6 aromatic rings. The molecule has 2 fully saturated rings. The van der Waals surface area contributed by atoms with Crippen molar-refractivity contribution in [2.45, 2.75) is 37.8 Å². The van der Waals surface area contributed by atoms with Gasteiger partial charge in [0.2, 0.25) is 11.9 Å². The Kier molecular flexibility index (Phi) is 9.06. The first-order chi connectivity index (χ1) is 27.3. The van der Waals surface area contributed by atoms with E-state index in [2.05, 4.69) is 39.7 Å². The largest absolute Gasteiger partial charge is 0.377 e. The monoisotopic (exact) mass is 794 g/mol. The van der Waals surface area contributed by atoms with Crippen LogP contribution in [0.25, 0.3) is 33.6 Å². The quantitative estimate of drug-likeness (QED) is 0.239. The Morgan fingerprint density at radius 3 is 1.48 bits per heavy atom. The number of rotatable bonds is 6. The fourth-order valence-corrected chi connectivity index (χ4v) is 9.07. The summed E-state index contributed by atoms with van der Waals surface area (Å²) in [4.78, 5) is 70.0. The van der Waals surface area contributed by atoms with Crippen molar-refractivity contribution in [3.8, 4) is 33.6 Å². The third-order valence-electron chi connectivity index (χ3n) is 10.9. The standard InChI is InChI=1S/2C18H19N7O2S/c2*1-3-18-11-27-8-7-25(18)13-12(23(2)16(18)26)10-21-17(22-13)24-6-4-19-14(24)15-20-5-9-28-15/h2*4-6,9-10H,3,7-8,11H2,1-2H3/t2*18-/m10/s1. The van der Waals surface area contributed by atoms with Gasteiger partial charge in [-0.05, 0) is 12.8 Å². The van der Waals surface area contributed by atoms with E-state index in [1.807, 2.05) is 46.1 Å². The van der Waals surface area contributed by atoms with Crippen molar-refractivity contribution in [1.29, 1.82) is 0 Å². The number of hydrogen-bond donors (Lipinski definition) is 0. The van der Waals surface area contributed by atoms with Gasteiger partial charge in [0.15, 0.2) is 33.3 Å². The fourth-order valence-electron chi connectivity index (χ4n) is 7.81. The molecule has 2 saturated heterocycles. The SMILES string of the molecule is CC[C@@]12COCCN1c1nc(-n3ccnc3-c3nccs3)ncc1N(C)C2=O.CC[C@]12COCCN1c1nc(-n3ccnc3-c3nccs3)ncc1N(C)C2=O. The number of anilines is 4. The number of imidazole rings is 2. The number of likely N-dealkylation sites (N-methyl/N-ethyl adjacent to an activating group) is 2. The minimum absolute atomic E-state index is 0.0182. The molecule has 0 N–H and O–H groups in total. The van der Waals surface area contributed by atoms with E-state index in [4.69, 9.17) is 19.4 Å². The van der Waals surface area contributed by atoms with Crippen LogP contribution in [0.2, 0.25) is 0 Å². The van der Waals surface area contributed by atoms with Crippen LogP contribution in [0.5, 0.6) is 0 Å². The lowest BCUT2D eigenvalue weighted by molar-refractivity contribution is -0.129. The molecule has 4 aliphatic rings. The molecule has 20 heteroatoms. The maximum Gasteiger partial charge on any atom is 0.255 e. The van der Waals surface area contributed by atoms with Gasteiger partial charge < -0.3 is 29.1 Å². The van der Waals surface area contributed by atoms with Crippen LogP contribution in [0.3, 0.4) is 0 Å². The van der Waals surface area contributed by atoms with Crippen molar-refractivity contribution in [3.05, 3.63) is 60.3 Å². The lowest BCUT2D eigenvalue weighted by atomic mass is 9.89. The molecule has 0 spiro atoms. The molecule has 10 heterocycles. The van der Waals surface area contributed by atoms with Crippen molar-refractivity contribution in [3.63, 3.8) is 0 Å². The highest BCUT2D eigenvalue weighted by atomic mass is 32.1. The summed E-state index contributed by atoms with van der Waals surface area (Å²) in [7, 11) is 3.54. The third kappa shape index (κ3) is 5.49. The number of morpholine rings is 2. The van der Waals surface area contributed by atoms with Gasteiger partial charge in [-0.15, -0.1) is 22.7 Å². The van der Waals surface area contributed by atoms with Crippen LogP contribution in [0.4, 0.5) is 23.0 Å². The first-order valence-corrected chi connectivity index (χ1v) is 20.0. The zero-order valence-corrected chi connectivity index (χ0v) is 32.8. The number of hydrogen-bond acceptors (Lipinski definition) is 16. The molecule has 0 aromatic carbocycles. The van der Waals surface area contributed by atoms with Crippen molar-refractivity contribution in [2.24, 2.45) is 0 Å². The van der Waals surface area contributed by atoms with Gasteiger partial charge in [-0.1, -0.05) is 13.8 Å². The van der Waals surface area contributed by atoms with Crippen molar-refractivity contribution in [1.82, 2.24) is 49.0 Å². The van der Waals surface area contributed by atoms with E-state index >= 15 is 0 Å². The Balaban J connectivity index is 0.000000146. The molecule has 4 aliphatic heterocycles.